The van der Waals surface area contributed by atoms with Gasteiger partial charge in [0.15, 0.2) is 5.82 Å². The Morgan fingerprint density at radius 2 is 1.88 bits per heavy atom. The summed E-state index contributed by atoms with van der Waals surface area (Å²) in [5.74, 6) is 1.64. The van der Waals surface area contributed by atoms with Gasteiger partial charge in [0.25, 0.3) is 0 Å². The van der Waals surface area contributed by atoms with Crippen LogP contribution in [0.5, 0.6) is 6.01 Å². The summed E-state index contributed by atoms with van der Waals surface area (Å²) >= 11 is 0. The van der Waals surface area contributed by atoms with Crippen molar-refractivity contribution >= 4 is 33.6 Å². The van der Waals surface area contributed by atoms with E-state index in [2.05, 4.69) is 25.7 Å². The van der Waals surface area contributed by atoms with Crippen LogP contribution in [0.1, 0.15) is 64.9 Å². The maximum atomic E-state index is 17.0. The summed E-state index contributed by atoms with van der Waals surface area (Å²) in [7, 11) is 0. The van der Waals surface area contributed by atoms with E-state index < -0.39 is 17.2 Å². The van der Waals surface area contributed by atoms with Gasteiger partial charge in [0.2, 0.25) is 0 Å². The molecule has 2 aromatic heterocycles. The number of carbonyl (C=O) groups is 1. The molecule has 4 atom stereocenters. The van der Waals surface area contributed by atoms with E-state index in [0.29, 0.717) is 47.2 Å². The van der Waals surface area contributed by atoms with Crippen LogP contribution in [0.2, 0.25) is 0 Å². The Hall–Kier alpha value is -4.60. The van der Waals surface area contributed by atoms with Crippen molar-refractivity contribution < 1.29 is 28.2 Å². The van der Waals surface area contributed by atoms with Gasteiger partial charge >= 0.3 is 12.1 Å². The van der Waals surface area contributed by atoms with Gasteiger partial charge in [-0.3, -0.25) is 14.8 Å². The van der Waals surface area contributed by atoms with E-state index in [1.54, 1.807) is 30.5 Å². The molecule has 0 radical (unpaired) electrons. The molecule has 51 heavy (non-hydrogen) atoms. The van der Waals surface area contributed by atoms with Gasteiger partial charge in [0, 0.05) is 36.3 Å². The number of aliphatic hydroxyl groups excluding tert-OH is 1. The Morgan fingerprint density at radius 1 is 1.10 bits per heavy atom. The quantitative estimate of drug-likeness (QED) is 0.241. The number of hydrogen-bond acceptors (Lipinski definition) is 9. The Morgan fingerprint density at radius 3 is 2.61 bits per heavy atom. The number of amides is 1. The molecule has 0 saturated carbocycles. The lowest BCUT2D eigenvalue weighted by Crippen LogP contribution is -2.57. The number of aliphatic hydroxyl groups is 1. The third-order valence-corrected chi connectivity index (χ3v) is 11.1. The highest BCUT2D eigenvalue weighted by Crippen LogP contribution is 2.43. The zero-order chi connectivity index (χ0) is 35.7. The summed E-state index contributed by atoms with van der Waals surface area (Å²) in [6.07, 6.45) is 12.3. The number of rotatable bonds is 6. The molecule has 6 heterocycles. The first-order valence-electron chi connectivity index (χ1n) is 17.8. The maximum Gasteiger partial charge on any atom is 0.410 e. The average Bonchev–Trinajstić information content (AvgIpc) is 3.76. The predicted octanol–water partition coefficient (Wildman–Crippen LogP) is 6.06. The smallest absolute Gasteiger partial charge is 0.410 e. The number of fused-ring (bicyclic) bond motifs is 5. The van der Waals surface area contributed by atoms with Crippen LogP contribution in [0, 0.1) is 24.0 Å². The van der Waals surface area contributed by atoms with Gasteiger partial charge in [-0.15, -0.1) is 6.42 Å². The molecule has 10 nitrogen and oxygen atoms in total. The van der Waals surface area contributed by atoms with Gasteiger partial charge in [-0.2, -0.15) is 9.97 Å². The van der Waals surface area contributed by atoms with Crippen LogP contribution < -0.4 is 9.64 Å². The standard InChI is InChI=1S/C39H42F2N6O4/c1-5-27-30(40)13-10-23-8-6-9-28(31(23)27)33-32(41)34-29(18-42-33)35(45-19-24-11-12-25(20-45)47(24)37(49)51-38(2,3)4)44-36(43-34)50-22-39-15-7-17-46(39)26(21-48)14-16-39/h1,6,8-10,13,18,24-26,48H,7,11-12,14-17,19-22H2,2-4H3/t24-,25+,26-,39-/m0/s1. The Labute approximate surface area is 295 Å². The highest BCUT2D eigenvalue weighted by Gasteiger charge is 2.50. The number of halogens is 2. The molecule has 4 aliphatic rings. The number of carbonyl (C=O) groups excluding carboxylic acids is 1. The average molecular weight is 697 g/mol. The number of aromatic nitrogens is 3. The third-order valence-electron chi connectivity index (χ3n) is 11.1. The summed E-state index contributed by atoms with van der Waals surface area (Å²) in [4.78, 5) is 33.6. The topological polar surface area (TPSA) is 104 Å². The highest BCUT2D eigenvalue weighted by atomic mass is 19.1. The SMILES string of the molecule is C#Cc1c(F)ccc2cccc(-c3ncc4c(N5C[C@H]6CC[C@@H](C5)N6C(=O)OC(C)(C)C)nc(OC[C@@]56CCCN5[C@H](CO)CC6)nc4c3F)c12. The minimum absolute atomic E-state index is 0.0113. The molecule has 2 bridgehead atoms. The van der Waals surface area contributed by atoms with E-state index in [0.717, 1.165) is 45.1 Å². The van der Waals surface area contributed by atoms with E-state index in [9.17, 15) is 14.3 Å². The van der Waals surface area contributed by atoms with Crippen LogP contribution in [0.3, 0.4) is 0 Å². The Balaban J connectivity index is 1.21. The van der Waals surface area contributed by atoms with E-state index in [-0.39, 0.29) is 59.1 Å². The van der Waals surface area contributed by atoms with Crippen LogP contribution >= 0.6 is 0 Å². The van der Waals surface area contributed by atoms with Crippen LogP contribution in [-0.2, 0) is 4.74 Å². The summed E-state index contributed by atoms with van der Waals surface area (Å²) in [6.45, 7) is 7.79. The summed E-state index contributed by atoms with van der Waals surface area (Å²) in [6, 6.07) is 8.06. The monoisotopic (exact) mass is 696 g/mol. The number of piperazine rings is 1. The van der Waals surface area contributed by atoms with Gasteiger partial charge in [-0.25, -0.2) is 13.6 Å². The molecule has 0 spiro atoms. The van der Waals surface area contributed by atoms with Crippen LogP contribution in [-0.4, -0.2) is 98.1 Å². The number of terminal acetylenes is 1. The van der Waals surface area contributed by atoms with Gasteiger partial charge in [-0.1, -0.05) is 30.2 Å². The molecule has 1 amide bonds. The van der Waals surface area contributed by atoms with Crippen molar-refractivity contribution in [1.82, 2.24) is 24.8 Å². The summed E-state index contributed by atoms with van der Waals surface area (Å²) < 4.78 is 44.1. The maximum absolute atomic E-state index is 17.0. The van der Waals surface area contributed by atoms with Crippen LogP contribution in [0.4, 0.5) is 19.4 Å². The molecule has 0 aliphatic carbocycles. The second kappa shape index (κ2) is 12.6. The molecule has 8 rings (SSSR count). The number of nitrogens with zero attached hydrogens (tertiary/aromatic N) is 6. The molecule has 12 heteroatoms. The first kappa shape index (κ1) is 33.5. The first-order chi connectivity index (χ1) is 24.5. The van der Waals surface area contributed by atoms with E-state index >= 15 is 4.39 Å². The van der Waals surface area contributed by atoms with Crippen LogP contribution in [0.25, 0.3) is 32.9 Å². The lowest BCUT2D eigenvalue weighted by molar-refractivity contribution is 0.0122. The number of pyridine rings is 1. The minimum Gasteiger partial charge on any atom is -0.461 e. The predicted molar refractivity (Wildman–Crippen MR) is 189 cm³/mol. The van der Waals surface area contributed by atoms with Crippen molar-refractivity contribution in [2.24, 2.45) is 0 Å². The molecular formula is C39H42F2N6O4. The van der Waals surface area contributed by atoms with E-state index in [1.807, 2.05) is 25.7 Å². The molecule has 0 unspecified atom stereocenters. The molecular weight excluding hydrogens is 654 g/mol. The van der Waals surface area contributed by atoms with Crippen molar-refractivity contribution in [3.8, 4) is 29.6 Å². The molecule has 4 aliphatic heterocycles. The third kappa shape index (κ3) is 5.71. The Bertz CT molecular complexity index is 2070. The van der Waals surface area contributed by atoms with E-state index in [1.165, 1.54) is 6.07 Å². The zero-order valence-corrected chi connectivity index (χ0v) is 29.2. The fraction of sp³-hybridized carbons (Fsp3) is 0.487. The van der Waals surface area contributed by atoms with Gasteiger partial charge < -0.3 is 19.5 Å². The molecule has 266 valence electrons. The van der Waals surface area contributed by atoms with Crippen molar-refractivity contribution in [2.45, 2.75) is 88.6 Å². The number of hydrogen-bond donors (Lipinski definition) is 1. The molecule has 2 aromatic carbocycles. The van der Waals surface area contributed by atoms with Gasteiger partial charge in [0.1, 0.15) is 35.1 Å². The second-order valence-corrected chi connectivity index (χ2v) is 15.3. The Kier molecular flexibility index (Phi) is 8.26. The zero-order valence-electron chi connectivity index (χ0n) is 29.2. The molecule has 4 saturated heterocycles. The second-order valence-electron chi connectivity index (χ2n) is 15.3. The normalized spacial score (nSPS) is 24.7. The van der Waals surface area contributed by atoms with Crippen molar-refractivity contribution in [2.75, 3.05) is 37.7 Å². The molecule has 4 aromatic rings. The number of benzene rings is 2. The highest BCUT2D eigenvalue weighted by molar-refractivity contribution is 6.02. The van der Waals surface area contributed by atoms with Gasteiger partial charge in [-0.05, 0) is 77.3 Å². The fourth-order valence-electron chi connectivity index (χ4n) is 8.90. The van der Waals surface area contributed by atoms with Crippen LogP contribution in [0.15, 0.2) is 36.5 Å². The summed E-state index contributed by atoms with van der Waals surface area (Å²) in [5, 5.41) is 11.5. The van der Waals surface area contributed by atoms with Gasteiger partial charge in [0.05, 0.1) is 35.2 Å². The van der Waals surface area contributed by atoms with Crippen molar-refractivity contribution in [3.05, 3.63) is 53.7 Å². The molecule has 4 fully saturated rings. The van der Waals surface area contributed by atoms with E-state index in [4.69, 9.17) is 20.9 Å². The largest absolute Gasteiger partial charge is 0.461 e. The summed E-state index contributed by atoms with van der Waals surface area (Å²) in [5.41, 5.74) is -0.461. The number of anilines is 1. The lowest BCUT2D eigenvalue weighted by atomic mass is 9.95. The number of ether oxygens (including phenoxy) is 2. The first-order valence-corrected chi connectivity index (χ1v) is 17.8. The van der Waals surface area contributed by atoms with Crippen molar-refractivity contribution in [1.29, 1.82) is 0 Å². The van der Waals surface area contributed by atoms with Crippen molar-refractivity contribution in [3.63, 3.8) is 0 Å². The minimum atomic E-state index is -0.696. The fourth-order valence-corrected chi connectivity index (χ4v) is 8.90. The lowest BCUT2D eigenvalue weighted by Gasteiger charge is -2.42. The molecule has 1 N–H and O–H groups in total.